The van der Waals surface area contributed by atoms with E-state index in [1.807, 2.05) is 5.51 Å². The van der Waals surface area contributed by atoms with Crippen LogP contribution in [0, 0.1) is 5.92 Å². The second-order valence-corrected chi connectivity index (χ2v) is 4.93. The van der Waals surface area contributed by atoms with Crippen molar-refractivity contribution >= 4 is 11.3 Å². The van der Waals surface area contributed by atoms with Gasteiger partial charge in [-0.15, -0.1) is 11.3 Å². The predicted octanol–water partition coefficient (Wildman–Crippen LogP) is 2.59. The van der Waals surface area contributed by atoms with Crippen molar-refractivity contribution in [3.8, 4) is 0 Å². The van der Waals surface area contributed by atoms with E-state index in [0.29, 0.717) is 12.0 Å². The van der Waals surface area contributed by atoms with Crippen LogP contribution < -0.4 is 5.32 Å². The number of aliphatic hydroxyl groups is 1. The van der Waals surface area contributed by atoms with Crippen LogP contribution in [-0.4, -0.2) is 23.2 Å². The highest BCUT2D eigenvalue weighted by Crippen LogP contribution is 2.14. The first-order chi connectivity index (χ1) is 7.77. The number of nitrogens with zero attached hydrogens (tertiary/aromatic N) is 1. The quantitative estimate of drug-likeness (QED) is 0.736. The van der Waals surface area contributed by atoms with Crippen molar-refractivity contribution in [3.05, 3.63) is 16.6 Å². The third-order valence-corrected chi connectivity index (χ3v) is 3.45. The molecule has 4 heteroatoms. The highest BCUT2D eigenvalue weighted by Gasteiger charge is 2.11. The Labute approximate surface area is 102 Å². The van der Waals surface area contributed by atoms with Gasteiger partial charge in [-0.3, -0.25) is 0 Å². The molecule has 0 bridgehead atoms. The number of aliphatic hydroxyl groups excluding tert-OH is 1. The van der Waals surface area contributed by atoms with Gasteiger partial charge in [0.05, 0.1) is 11.2 Å². The molecular weight excluding hydrogens is 220 g/mol. The lowest BCUT2D eigenvalue weighted by Crippen LogP contribution is -2.26. The Kier molecular flexibility index (Phi) is 6.61. The van der Waals surface area contributed by atoms with Crippen LogP contribution in [0.3, 0.4) is 0 Å². The van der Waals surface area contributed by atoms with Crippen LogP contribution in [0.2, 0.25) is 0 Å². The maximum Gasteiger partial charge on any atom is 0.0795 e. The van der Waals surface area contributed by atoms with E-state index >= 15 is 0 Å². The number of nitrogens with one attached hydrogen (secondary N) is 1. The number of aromatic nitrogens is 1. The minimum Gasteiger partial charge on any atom is -0.396 e. The standard InChI is InChI=1S/C12H22N2OS/c1-3-4-11(5-6-15)7-13-10(2)12-8-16-9-14-12/h8-11,13,15H,3-7H2,1-2H3. The molecule has 2 unspecified atom stereocenters. The Hall–Kier alpha value is -0.450. The smallest absolute Gasteiger partial charge is 0.0795 e. The van der Waals surface area contributed by atoms with Crippen molar-refractivity contribution in [2.75, 3.05) is 13.2 Å². The number of rotatable bonds is 8. The molecule has 1 aromatic heterocycles. The van der Waals surface area contributed by atoms with Crippen molar-refractivity contribution in [2.24, 2.45) is 5.92 Å². The van der Waals surface area contributed by atoms with E-state index in [1.165, 1.54) is 12.8 Å². The fourth-order valence-corrected chi connectivity index (χ4v) is 2.47. The van der Waals surface area contributed by atoms with Gasteiger partial charge in [0.2, 0.25) is 0 Å². The van der Waals surface area contributed by atoms with Gasteiger partial charge >= 0.3 is 0 Å². The molecule has 0 aliphatic rings. The Morgan fingerprint density at radius 1 is 1.50 bits per heavy atom. The summed E-state index contributed by atoms with van der Waals surface area (Å²) in [6.45, 7) is 5.58. The molecule has 1 aromatic rings. The Morgan fingerprint density at radius 2 is 2.31 bits per heavy atom. The zero-order valence-electron chi connectivity index (χ0n) is 10.1. The van der Waals surface area contributed by atoms with Crippen molar-refractivity contribution in [1.29, 1.82) is 0 Å². The van der Waals surface area contributed by atoms with E-state index in [1.54, 1.807) is 11.3 Å². The molecule has 16 heavy (non-hydrogen) atoms. The fraction of sp³-hybridized carbons (Fsp3) is 0.750. The average molecular weight is 242 g/mol. The van der Waals surface area contributed by atoms with Crippen molar-refractivity contribution < 1.29 is 5.11 Å². The second kappa shape index (κ2) is 7.76. The Bertz CT molecular complexity index is 258. The first-order valence-corrected chi connectivity index (χ1v) is 6.94. The van der Waals surface area contributed by atoms with Crippen LogP contribution in [0.15, 0.2) is 10.9 Å². The van der Waals surface area contributed by atoms with E-state index in [-0.39, 0.29) is 6.61 Å². The molecule has 0 aliphatic heterocycles. The molecule has 0 spiro atoms. The van der Waals surface area contributed by atoms with Gasteiger partial charge in [0.15, 0.2) is 0 Å². The van der Waals surface area contributed by atoms with E-state index in [0.717, 1.165) is 18.7 Å². The van der Waals surface area contributed by atoms with E-state index in [9.17, 15) is 0 Å². The predicted molar refractivity (Wildman–Crippen MR) is 68.6 cm³/mol. The van der Waals surface area contributed by atoms with E-state index in [2.05, 4.69) is 29.5 Å². The molecule has 0 aliphatic carbocycles. The molecule has 92 valence electrons. The largest absolute Gasteiger partial charge is 0.396 e. The van der Waals surface area contributed by atoms with Crippen LogP contribution in [0.25, 0.3) is 0 Å². The SMILES string of the molecule is CCCC(CCO)CNC(C)c1cscn1. The molecule has 0 saturated carbocycles. The van der Waals surface area contributed by atoms with Crippen LogP contribution in [0.4, 0.5) is 0 Å². The zero-order chi connectivity index (χ0) is 11.8. The molecule has 0 radical (unpaired) electrons. The first-order valence-electron chi connectivity index (χ1n) is 6.00. The molecule has 0 fully saturated rings. The average Bonchev–Trinajstić information content (AvgIpc) is 2.79. The molecule has 0 saturated heterocycles. The summed E-state index contributed by atoms with van der Waals surface area (Å²) in [5, 5.41) is 14.5. The normalized spacial score (nSPS) is 14.9. The van der Waals surface area contributed by atoms with Gasteiger partial charge in [0, 0.05) is 18.0 Å². The van der Waals surface area contributed by atoms with Crippen LogP contribution >= 0.6 is 11.3 Å². The molecular formula is C12H22N2OS. The maximum atomic E-state index is 8.97. The van der Waals surface area contributed by atoms with Crippen LogP contribution in [0.1, 0.15) is 44.8 Å². The van der Waals surface area contributed by atoms with Crippen LogP contribution in [0.5, 0.6) is 0 Å². The van der Waals surface area contributed by atoms with Crippen LogP contribution in [-0.2, 0) is 0 Å². The summed E-state index contributed by atoms with van der Waals surface area (Å²) in [6.07, 6.45) is 3.25. The molecule has 1 heterocycles. The fourth-order valence-electron chi connectivity index (χ4n) is 1.82. The lowest BCUT2D eigenvalue weighted by molar-refractivity contribution is 0.245. The van der Waals surface area contributed by atoms with Crippen molar-refractivity contribution in [1.82, 2.24) is 10.3 Å². The number of hydrogen-bond acceptors (Lipinski definition) is 4. The van der Waals surface area contributed by atoms with Gasteiger partial charge in [-0.05, 0) is 32.2 Å². The second-order valence-electron chi connectivity index (χ2n) is 4.21. The number of hydrogen-bond donors (Lipinski definition) is 2. The monoisotopic (exact) mass is 242 g/mol. The summed E-state index contributed by atoms with van der Waals surface area (Å²) in [5.74, 6) is 0.580. The van der Waals surface area contributed by atoms with Gasteiger partial charge in [0.1, 0.15) is 0 Å². The first kappa shape index (κ1) is 13.6. The summed E-state index contributed by atoms with van der Waals surface area (Å²) in [4.78, 5) is 4.29. The van der Waals surface area contributed by atoms with Gasteiger partial charge < -0.3 is 10.4 Å². The lowest BCUT2D eigenvalue weighted by atomic mass is 10.00. The van der Waals surface area contributed by atoms with Crippen molar-refractivity contribution in [2.45, 2.75) is 39.2 Å². The molecule has 2 atom stereocenters. The minimum absolute atomic E-state index is 0.289. The molecule has 2 N–H and O–H groups in total. The zero-order valence-corrected chi connectivity index (χ0v) is 11.0. The summed E-state index contributed by atoms with van der Waals surface area (Å²) >= 11 is 1.63. The molecule has 0 aromatic carbocycles. The summed E-state index contributed by atoms with van der Waals surface area (Å²) in [5.41, 5.74) is 2.98. The third kappa shape index (κ3) is 4.60. The van der Waals surface area contributed by atoms with E-state index in [4.69, 9.17) is 5.11 Å². The Balaban J connectivity index is 2.30. The molecule has 3 nitrogen and oxygen atoms in total. The number of thiazole rings is 1. The maximum absolute atomic E-state index is 8.97. The Morgan fingerprint density at radius 3 is 2.88 bits per heavy atom. The summed E-state index contributed by atoms with van der Waals surface area (Å²) < 4.78 is 0. The van der Waals surface area contributed by atoms with Gasteiger partial charge in [0.25, 0.3) is 0 Å². The van der Waals surface area contributed by atoms with Crippen molar-refractivity contribution in [3.63, 3.8) is 0 Å². The summed E-state index contributed by atoms with van der Waals surface area (Å²) in [6, 6.07) is 0.310. The highest BCUT2D eigenvalue weighted by atomic mass is 32.1. The minimum atomic E-state index is 0.289. The molecule has 1 rings (SSSR count). The summed E-state index contributed by atoms with van der Waals surface area (Å²) in [7, 11) is 0. The van der Waals surface area contributed by atoms with E-state index < -0.39 is 0 Å². The lowest BCUT2D eigenvalue weighted by Gasteiger charge is -2.18. The van der Waals surface area contributed by atoms with Gasteiger partial charge in [-0.25, -0.2) is 4.98 Å². The molecule has 0 amide bonds. The third-order valence-electron chi connectivity index (χ3n) is 2.84. The topological polar surface area (TPSA) is 45.1 Å². The highest BCUT2D eigenvalue weighted by molar-refractivity contribution is 7.07. The van der Waals surface area contributed by atoms with Gasteiger partial charge in [-0.1, -0.05) is 13.3 Å². The van der Waals surface area contributed by atoms with Gasteiger partial charge in [-0.2, -0.15) is 0 Å².